The highest BCUT2D eigenvalue weighted by molar-refractivity contribution is 5.82. The minimum absolute atomic E-state index is 0.477. The average Bonchev–Trinajstić information content (AvgIpc) is 3.28. The number of benzene rings is 1. The Hall–Kier alpha value is -4.52. The second-order valence-electron chi connectivity index (χ2n) is 7.43. The van der Waals surface area contributed by atoms with E-state index in [1.165, 1.54) is 0 Å². The first-order valence-electron chi connectivity index (χ1n) is 10.1. The molecule has 0 aliphatic heterocycles. The third-order valence-corrected chi connectivity index (χ3v) is 5.25. The Labute approximate surface area is 185 Å². The van der Waals surface area contributed by atoms with Crippen molar-refractivity contribution in [3.63, 3.8) is 0 Å². The van der Waals surface area contributed by atoms with Gasteiger partial charge in [0.05, 0.1) is 34.6 Å². The second kappa shape index (κ2) is 7.96. The summed E-state index contributed by atoms with van der Waals surface area (Å²) in [6.45, 7) is 1.96. The minimum atomic E-state index is 0.477. The van der Waals surface area contributed by atoms with Crippen molar-refractivity contribution in [3.8, 4) is 39.7 Å². The van der Waals surface area contributed by atoms with Crippen molar-refractivity contribution in [1.29, 1.82) is 0 Å². The van der Waals surface area contributed by atoms with E-state index in [1.807, 2.05) is 78.5 Å². The van der Waals surface area contributed by atoms with Gasteiger partial charge in [0.25, 0.3) is 0 Å². The molecule has 0 saturated heterocycles. The molecule has 0 unspecified atom stereocenters. The smallest absolute Gasteiger partial charge is 0.145 e. The molecule has 156 valence electrons. The van der Waals surface area contributed by atoms with Crippen LogP contribution in [-0.2, 0) is 0 Å². The van der Waals surface area contributed by atoms with Gasteiger partial charge in [-0.3, -0.25) is 19.5 Å². The van der Waals surface area contributed by atoms with E-state index in [0.29, 0.717) is 17.1 Å². The van der Waals surface area contributed by atoms with Crippen LogP contribution in [0, 0.1) is 6.92 Å². The summed E-state index contributed by atoms with van der Waals surface area (Å²) in [5.41, 5.74) is 19.0. The lowest BCUT2D eigenvalue weighted by molar-refractivity contribution is 1.04. The maximum absolute atomic E-state index is 6.13. The summed E-state index contributed by atoms with van der Waals surface area (Å²) in [5, 5.41) is 0. The third kappa shape index (κ3) is 3.56. The first kappa shape index (κ1) is 19.4. The van der Waals surface area contributed by atoms with Gasteiger partial charge in [-0.25, -0.2) is 4.98 Å². The number of imidazole rings is 1. The minimum Gasteiger partial charge on any atom is -0.397 e. The van der Waals surface area contributed by atoms with Crippen LogP contribution < -0.4 is 11.5 Å². The van der Waals surface area contributed by atoms with Crippen molar-refractivity contribution < 1.29 is 0 Å². The van der Waals surface area contributed by atoms with Gasteiger partial charge in [0.1, 0.15) is 11.5 Å². The molecule has 4 heterocycles. The number of nitrogen functional groups attached to an aromatic ring is 2. The van der Waals surface area contributed by atoms with Crippen LogP contribution in [0.1, 0.15) is 5.69 Å². The standard InChI is InChI=1S/C25H21N7/c1-16-5-10-19(14-30-16)32-15-22(21-4-2-3-12-28-21)31-25(32)18-8-6-17(7-9-18)24-23(27)20(26)11-13-29-24/h2-15H,27H2,1H3,(H2,26,29). The highest BCUT2D eigenvalue weighted by Crippen LogP contribution is 2.31. The summed E-state index contributed by atoms with van der Waals surface area (Å²) in [7, 11) is 0. The summed E-state index contributed by atoms with van der Waals surface area (Å²) in [6, 6.07) is 19.4. The molecule has 7 heteroatoms. The lowest BCUT2D eigenvalue weighted by Gasteiger charge is -2.10. The van der Waals surface area contributed by atoms with Crippen molar-refractivity contribution in [1.82, 2.24) is 24.5 Å². The molecule has 0 fully saturated rings. The van der Waals surface area contributed by atoms with Crippen LogP contribution in [0.3, 0.4) is 0 Å². The van der Waals surface area contributed by atoms with Crippen molar-refractivity contribution in [2.24, 2.45) is 0 Å². The molecule has 0 radical (unpaired) electrons. The predicted octanol–water partition coefficient (Wildman–Crippen LogP) is 4.53. The fraction of sp³-hybridized carbons (Fsp3) is 0.0400. The van der Waals surface area contributed by atoms with E-state index in [1.54, 1.807) is 18.5 Å². The maximum Gasteiger partial charge on any atom is 0.145 e. The number of anilines is 2. The van der Waals surface area contributed by atoms with Gasteiger partial charge in [0, 0.05) is 35.4 Å². The normalized spacial score (nSPS) is 10.9. The second-order valence-corrected chi connectivity index (χ2v) is 7.43. The Morgan fingerprint density at radius 1 is 0.750 bits per heavy atom. The van der Waals surface area contributed by atoms with E-state index in [9.17, 15) is 0 Å². The molecule has 0 atom stereocenters. The summed E-state index contributed by atoms with van der Waals surface area (Å²) in [4.78, 5) is 18.2. The van der Waals surface area contributed by atoms with E-state index < -0.39 is 0 Å². The summed E-state index contributed by atoms with van der Waals surface area (Å²) < 4.78 is 2.03. The Morgan fingerprint density at radius 3 is 2.28 bits per heavy atom. The van der Waals surface area contributed by atoms with Crippen LogP contribution in [0.15, 0.2) is 85.5 Å². The number of aryl methyl sites for hydroxylation is 1. The first-order valence-corrected chi connectivity index (χ1v) is 10.1. The Balaban J connectivity index is 1.61. The monoisotopic (exact) mass is 419 g/mol. The predicted molar refractivity (Wildman–Crippen MR) is 127 cm³/mol. The van der Waals surface area contributed by atoms with Crippen molar-refractivity contribution in [3.05, 3.63) is 91.1 Å². The van der Waals surface area contributed by atoms with Crippen molar-refractivity contribution in [2.75, 3.05) is 11.5 Å². The molecule has 0 amide bonds. The fourth-order valence-electron chi connectivity index (χ4n) is 3.52. The van der Waals surface area contributed by atoms with E-state index in [0.717, 1.165) is 39.7 Å². The van der Waals surface area contributed by atoms with Crippen LogP contribution >= 0.6 is 0 Å². The summed E-state index contributed by atoms with van der Waals surface area (Å²) in [6.07, 6.45) is 7.24. The molecule has 7 nitrogen and oxygen atoms in total. The quantitative estimate of drug-likeness (QED) is 0.443. The van der Waals surface area contributed by atoms with Gasteiger partial charge >= 0.3 is 0 Å². The SMILES string of the molecule is Cc1ccc(-n2cc(-c3ccccn3)nc2-c2ccc(-c3nccc(N)c3N)cc2)cn1. The average molecular weight is 419 g/mol. The largest absolute Gasteiger partial charge is 0.397 e. The number of nitrogens with two attached hydrogens (primary N) is 2. The molecule has 0 aliphatic carbocycles. The molecule has 0 aliphatic rings. The fourth-order valence-corrected chi connectivity index (χ4v) is 3.52. The van der Waals surface area contributed by atoms with Gasteiger partial charge in [-0.15, -0.1) is 0 Å². The molecule has 5 rings (SSSR count). The molecule has 4 N–H and O–H groups in total. The molecule has 0 spiro atoms. The number of pyridine rings is 3. The molecule has 0 bridgehead atoms. The molecular weight excluding hydrogens is 398 g/mol. The van der Waals surface area contributed by atoms with Crippen LogP contribution in [0.25, 0.3) is 39.7 Å². The molecular formula is C25H21N7. The number of hydrogen-bond donors (Lipinski definition) is 2. The van der Waals surface area contributed by atoms with Crippen LogP contribution in [0.2, 0.25) is 0 Å². The third-order valence-electron chi connectivity index (χ3n) is 5.25. The van der Waals surface area contributed by atoms with Gasteiger partial charge in [0.15, 0.2) is 0 Å². The van der Waals surface area contributed by atoms with Crippen molar-refractivity contribution in [2.45, 2.75) is 6.92 Å². The number of aromatic nitrogens is 5. The van der Waals surface area contributed by atoms with Crippen molar-refractivity contribution >= 4 is 11.4 Å². The molecule has 0 saturated carbocycles. The zero-order chi connectivity index (χ0) is 22.1. The van der Waals surface area contributed by atoms with Crippen LogP contribution in [0.5, 0.6) is 0 Å². The first-order chi connectivity index (χ1) is 15.6. The van der Waals surface area contributed by atoms with Gasteiger partial charge in [0.2, 0.25) is 0 Å². The lowest BCUT2D eigenvalue weighted by atomic mass is 10.1. The Kier molecular flexibility index (Phi) is 4.84. The van der Waals surface area contributed by atoms with Gasteiger partial charge in [-0.05, 0) is 37.3 Å². The molecule has 5 aromatic rings. The lowest BCUT2D eigenvalue weighted by Crippen LogP contribution is -1.99. The van der Waals surface area contributed by atoms with E-state index in [4.69, 9.17) is 16.5 Å². The van der Waals surface area contributed by atoms with Crippen LogP contribution in [-0.4, -0.2) is 24.5 Å². The number of rotatable bonds is 4. The maximum atomic E-state index is 6.13. The van der Waals surface area contributed by atoms with Gasteiger partial charge < -0.3 is 11.5 Å². The molecule has 1 aromatic carbocycles. The van der Waals surface area contributed by atoms with E-state index in [-0.39, 0.29) is 0 Å². The van der Waals surface area contributed by atoms with Crippen LogP contribution in [0.4, 0.5) is 11.4 Å². The Bertz CT molecular complexity index is 1370. The highest BCUT2D eigenvalue weighted by Gasteiger charge is 2.15. The molecule has 32 heavy (non-hydrogen) atoms. The Morgan fingerprint density at radius 2 is 1.56 bits per heavy atom. The number of nitrogens with zero attached hydrogens (tertiary/aromatic N) is 5. The van der Waals surface area contributed by atoms with Gasteiger partial charge in [-0.2, -0.15) is 0 Å². The van der Waals surface area contributed by atoms with E-state index in [2.05, 4.69) is 15.0 Å². The van der Waals surface area contributed by atoms with Gasteiger partial charge in [-0.1, -0.05) is 30.3 Å². The zero-order valence-corrected chi connectivity index (χ0v) is 17.5. The summed E-state index contributed by atoms with van der Waals surface area (Å²) >= 11 is 0. The topological polar surface area (TPSA) is 109 Å². The summed E-state index contributed by atoms with van der Waals surface area (Å²) in [5.74, 6) is 0.788. The highest BCUT2D eigenvalue weighted by atomic mass is 15.1. The molecule has 4 aromatic heterocycles. The number of hydrogen-bond acceptors (Lipinski definition) is 6. The zero-order valence-electron chi connectivity index (χ0n) is 17.5. The van der Waals surface area contributed by atoms with E-state index >= 15 is 0 Å².